The van der Waals surface area contributed by atoms with Crippen molar-refractivity contribution in [1.29, 1.82) is 0 Å². The minimum Gasteiger partial charge on any atom is -0.549 e. The van der Waals surface area contributed by atoms with E-state index in [2.05, 4.69) is 5.32 Å². The van der Waals surface area contributed by atoms with Gasteiger partial charge in [0.1, 0.15) is 0 Å². The van der Waals surface area contributed by atoms with E-state index in [0.717, 1.165) is 0 Å². The molecule has 0 spiro atoms. The van der Waals surface area contributed by atoms with E-state index in [1.807, 2.05) is 6.92 Å². The summed E-state index contributed by atoms with van der Waals surface area (Å²) >= 11 is 0. The summed E-state index contributed by atoms with van der Waals surface area (Å²) in [6.07, 6.45) is 0. The van der Waals surface area contributed by atoms with Gasteiger partial charge >= 0.3 is 51.4 Å². The normalized spacial score (nSPS) is 7.62. The van der Waals surface area contributed by atoms with Crippen LogP contribution < -0.4 is 61.8 Å². The van der Waals surface area contributed by atoms with Crippen molar-refractivity contribution in [3.05, 3.63) is 0 Å². The number of rotatable bonds is 3. The molecule has 0 saturated heterocycles. The third kappa shape index (κ3) is 10.1. The molecule has 0 atom stereocenters. The molecule has 0 aliphatic heterocycles. The Labute approximate surface area is 91.3 Å². The molecule has 0 aromatic rings. The fraction of sp³-hybridized carbons (Fsp3) is 0.750. The molecule has 0 bridgehead atoms. The second kappa shape index (κ2) is 8.07. The average molecular weight is 141 g/mol. The maximum Gasteiger partial charge on any atom is 1.00 e. The molecule has 0 saturated carbocycles. The summed E-state index contributed by atoms with van der Waals surface area (Å²) in [7, 11) is 0. The van der Waals surface area contributed by atoms with Crippen LogP contribution in [0.2, 0.25) is 0 Å². The molecule has 0 fully saturated rings. The van der Waals surface area contributed by atoms with Crippen molar-refractivity contribution in [1.82, 2.24) is 5.32 Å². The number of likely N-dealkylation sites (N-methyl/N-ethyl adjacent to an activating group) is 1. The Bertz CT molecular complexity index is 67.1. The van der Waals surface area contributed by atoms with Gasteiger partial charge in [0.2, 0.25) is 0 Å². The zero-order valence-corrected chi connectivity index (χ0v) is 8.35. The first-order chi connectivity index (χ1) is 3.27. The number of carboxylic acid groups (broad SMARTS) is 1. The quantitative estimate of drug-likeness (QED) is 0.402. The van der Waals surface area contributed by atoms with Crippen LogP contribution in [0.5, 0.6) is 0 Å². The van der Waals surface area contributed by atoms with E-state index < -0.39 is 5.97 Å². The van der Waals surface area contributed by atoms with Gasteiger partial charge in [0.05, 0.1) is 5.97 Å². The van der Waals surface area contributed by atoms with E-state index in [9.17, 15) is 9.90 Å². The van der Waals surface area contributed by atoms with Crippen LogP contribution in [0.1, 0.15) is 6.92 Å². The second-order valence-electron chi connectivity index (χ2n) is 1.15. The van der Waals surface area contributed by atoms with Crippen LogP contribution in [0.25, 0.3) is 0 Å². The number of hydrogen-bond acceptors (Lipinski definition) is 3. The van der Waals surface area contributed by atoms with E-state index in [0.29, 0.717) is 6.54 Å². The summed E-state index contributed by atoms with van der Waals surface area (Å²) in [6, 6.07) is 0. The molecule has 0 radical (unpaired) electrons. The molecule has 1 N–H and O–H groups in total. The number of carboxylic acids is 1. The fourth-order valence-electron chi connectivity index (χ4n) is 0.227. The van der Waals surface area contributed by atoms with Crippen molar-refractivity contribution in [3.8, 4) is 0 Å². The van der Waals surface area contributed by atoms with Crippen LogP contribution in [-0.4, -0.2) is 19.1 Å². The summed E-state index contributed by atoms with van der Waals surface area (Å²) < 4.78 is 0. The Morgan fingerprint density at radius 3 is 2.38 bits per heavy atom. The standard InChI is InChI=1S/C4H9NO2.K/c1-2-5-3-4(6)7;/h5H,2-3H2,1H3,(H,6,7);/q;+1/p-1. The molecule has 0 amide bonds. The van der Waals surface area contributed by atoms with Gasteiger partial charge in [-0.1, -0.05) is 6.92 Å². The second-order valence-corrected chi connectivity index (χ2v) is 1.15. The third-order valence-corrected chi connectivity index (χ3v) is 0.519. The number of carbonyl (C=O) groups excluding carboxylic acids is 1. The van der Waals surface area contributed by atoms with Crippen molar-refractivity contribution in [2.75, 3.05) is 13.1 Å². The van der Waals surface area contributed by atoms with Gasteiger partial charge in [-0.25, -0.2) is 0 Å². The fourth-order valence-corrected chi connectivity index (χ4v) is 0.227. The van der Waals surface area contributed by atoms with Crippen LogP contribution >= 0.6 is 0 Å². The van der Waals surface area contributed by atoms with Crippen molar-refractivity contribution in [3.63, 3.8) is 0 Å². The Hall–Kier alpha value is 1.07. The van der Waals surface area contributed by atoms with Gasteiger partial charge in [-0.15, -0.1) is 0 Å². The Kier molecular flexibility index (Phi) is 11.9. The number of carbonyl (C=O) groups is 1. The molecule has 0 rings (SSSR count). The molecule has 0 aliphatic rings. The van der Waals surface area contributed by atoms with Gasteiger partial charge in [0, 0.05) is 6.54 Å². The zero-order chi connectivity index (χ0) is 5.70. The minimum atomic E-state index is -1.05. The average Bonchev–Trinajstić information content (AvgIpc) is 1.61. The molecular weight excluding hydrogens is 133 g/mol. The van der Waals surface area contributed by atoms with Crippen LogP contribution in [0.4, 0.5) is 0 Å². The van der Waals surface area contributed by atoms with Gasteiger partial charge in [-0.3, -0.25) is 0 Å². The van der Waals surface area contributed by atoms with Crippen molar-refractivity contribution >= 4 is 5.97 Å². The smallest absolute Gasteiger partial charge is 0.549 e. The monoisotopic (exact) mass is 141 g/mol. The van der Waals surface area contributed by atoms with Crippen molar-refractivity contribution < 1.29 is 61.3 Å². The SMILES string of the molecule is CCNCC(=O)[O-].[K+]. The zero-order valence-electron chi connectivity index (χ0n) is 5.23. The first-order valence-corrected chi connectivity index (χ1v) is 2.18. The summed E-state index contributed by atoms with van der Waals surface area (Å²) in [5.41, 5.74) is 0. The van der Waals surface area contributed by atoms with Crippen molar-refractivity contribution in [2.45, 2.75) is 6.92 Å². The molecule has 0 aliphatic carbocycles. The summed E-state index contributed by atoms with van der Waals surface area (Å²) in [4.78, 5) is 9.58. The maximum atomic E-state index is 9.58. The molecule has 0 heterocycles. The van der Waals surface area contributed by atoms with Crippen molar-refractivity contribution in [2.24, 2.45) is 0 Å². The molecule has 0 aromatic heterocycles. The molecule has 42 valence electrons. The van der Waals surface area contributed by atoms with Crippen LogP contribution in [0.3, 0.4) is 0 Å². The molecule has 0 unspecified atom stereocenters. The third-order valence-electron chi connectivity index (χ3n) is 0.519. The Morgan fingerprint density at radius 2 is 2.25 bits per heavy atom. The molecule has 0 aromatic carbocycles. The van der Waals surface area contributed by atoms with Crippen LogP contribution in [0.15, 0.2) is 0 Å². The molecule has 8 heavy (non-hydrogen) atoms. The van der Waals surface area contributed by atoms with Gasteiger partial charge in [-0.05, 0) is 6.54 Å². The minimum absolute atomic E-state index is 0. The van der Waals surface area contributed by atoms with E-state index in [-0.39, 0.29) is 57.9 Å². The van der Waals surface area contributed by atoms with Gasteiger partial charge < -0.3 is 15.2 Å². The Morgan fingerprint density at radius 1 is 1.75 bits per heavy atom. The summed E-state index contributed by atoms with van der Waals surface area (Å²) in [6.45, 7) is 2.47. The first-order valence-electron chi connectivity index (χ1n) is 2.18. The van der Waals surface area contributed by atoms with Gasteiger partial charge in [0.25, 0.3) is 0 Å². The van der Waals surface area contributed by atoms with E-state index in [4.69, 9.17) is 0 Å². The first kappa shape index (κ1) is 11.8. The predicted octanol–water partition coefficient (Wildman–Crippen LogP) is -4.65. The van der Waals surface area contributed by atoms with E-state index in [1.165, 1.54) is 0 Å². The van der Waals surface area contributed by atoms with Gasteiger partial charge in [0.15, 0.2) is 0 Å². The number of nitrogens with one attached hydrogen (secondary N) is 1. The summed E-state index contributed by atoms with van der Waals surface area (Å²) in [5.74, 6) is -1.05. The van der Waals surface area contributed by atoms with Crippen LogP contribution in [-0.2, 0) is 4.79 Å². The topological polar surface area (TPSA) is 52.2 Å². The summed E-state index contributed by atoms with van der Waals surface area (Å²) in [5, 5.41) is 12.2. The van der Waals surface area contributed by atoms with E-state index >= 15 is 0 Å². The maximum absolute atomic E-state index is 9.58. The predicted molar refractivity (Wildman–Crippen MR) is 23.6 cm³/mol. The number of hydrogen-bond donors (Lipinski definition) is 1. The van der Waals surface area contributed by atoms with Gasteiger partial charge in [-0.2, -0.15) is 0 Å². The molecule has 3 nitrogen and oxygen atoms in total. The van der Waals surface area contributed by atoms with E-state index in [1.54, 1.807) is 0 Å². The Balaban J connectivity index is 0. The van der Waals surface area contributed by atoms with Crippen LogP contribution in [0, 0.1) is 0 Å². The molecular formula is C4H8KNO2. The molecule has 4 heteroatoms. The number of aliphatic carboxylic acids is 1. The largest absolute Gasteiger partial charge is 1.00 e.